The number of hydrogen-bond donors (Lipinski definition) is 1. The van der Waals surface area contributed by atoms with Gasteiger partial charge in [0.15, 0.2) is 0 Å². The Bertz CT molecular complexity index is 813. The predicted octanol–water partition coefficient (Wildman–Crippen LogP) is 1.38. The molecular formula is C17H20N2O4S. The third-order valence-electron chi connectivity index (χ3n) is 5.70. The van der Waals surface area contributed by atoms with Crippen molar-refractivity contribution in [3.05, 3.63) is 35.9 Å². The fraction of sp³-hybridized carbons (Fsp3) is 0.471. The first-order chi connectivity index (χ1) is 11.4. The molecule has 128 valence electrons. The molecule has 4 rings (SSSR count). The Morgan fingerprint density at radius 2 is 1.83 bits per heavy atom. The van der Waals surface area contributed by atoms with E-state index in [1.807, 2.05) is 0 Å². The van der Waals surface area contributed by atoms with E-state index in [9.17, 15) is 13.2 Å². The number of ether oxygens (including phenoxy) is 1. The Labute approximate surface area is 141 Å². The number of esters is 1. The van der Waals surface area contributed by atoms with Crippen LogP contribution in [0.25, 0.3) is 0 Å². The molecule has 1 saturated heterocycles. The molecule has 1 heterocycles. The fourth-order valence-electron chi connectivity index (χ4n) is 4.59. The van der Waals surface area contributed by atoms with Crippen LogP contribution in [0.3, 0.4) is 0 Å². The van der Waals surface area contributed by atoms with Crippen LogP contribution < -0.4 is 10.0 Å². The van der Waals surface area contributed by atoms with Gasteiger partial charge in [-0.05, 0) is 48.3 Å². The molecule has 2 aliphatic carbocycles. The van der Waals surface area contributed by atoms with Gasteiger partial charge in [-0.1, -0.05) is 12.2 Å². The van der Waals surface area contributed by atoms with Crippen LogP contribution >= 0.6 is 0 Å². The lowest BCUT2D eigenvalue weighted by atomic mass is 9.86. The molecule has 24 heavy (non-hydrogen) atoms. The van der Waals surface area contributed by atoms with Crippen LogP contribution in [-0.2, 0) is 14.8 Å². The first-order valence-electron chi connectivity index (χ1n) is 8.07. The van der Waals surface area contributed by atoms with Crippen LogP contribution in [0.5, 0.6) is 0 Å². The van der Waals surface area contributed by atoms with Gasteiger partial charge in [0, 0.05) is 13.1 Å². The maximum Gasteiger partial charge on any atom is 0.340 e. The van der Waals surface area contributed by atoms with E-state index < -0.39 is 16.0 Å². The van der Waals surface area contributed by atoms with Crippen molar-refractivity contribution in [3.8, 4) is 0 Å². The van der Waals surface area contributed by atoms with E-state index in [0.717, 1.165) is 18.8 Å². The van der Waals surface area contributed by atoms with Crippen LogP contribution in [-0.4, -0.2) is 34.6 Å². The van der Waals surface area contributed by atoms with Crippen LogP contribution in [0, 0.1) is 23.7 Å². The number of primary sulfonamides is 1. The highest BCUT2D eigenvalue weighted by Gasteiger charge is 2.49. The highest BCUT2D eigenvalue weighted by Crippen LogP contribution is 2.52. The average Bonchev–Trinajstić information content (AvgIpc) is 3.25. The van der Waals surface area contributed by atoms with Crippen molar-refractivity contribution in [2.75, 3.05) is 25.1 Å². The number of nitrogens with two attached hydrogens (primary N) is 1. The van der Waals surface area contributed by atoms with Gasteiger partial charge in [0.1, 0.15) is 0 Å². The van der Waals surface area contributed by atoms with Crippen molar-refractivity contribution in [2.24, 2.45) is 28.8 Å². The molecule has 0 amide bonds. The van der Waals surface area contributed by atoms with Gasteiger partial charge in [0.05, 0.1) is 23.3 Å². The number of anilines is 1. The van der Waals surface area contributed by atoms with Crippen molar-refractivity contribution < 1.29 is 17.9 Å². The molecule has 4 atom stereocenters. The Kier molecular flexibility index (Phi) is 3.47. The highest BCUT2D eigenvalue weighted by atomic mass is 32.2. The summed E-state index contributed by atoms with van der Waals surface area (Å²) in [5, 5.41) is 5.19. The minimum atomic E-state index is -3.87. The lowest BCUT2D eigenvalue weighted by Crippen LogP contribution is -2.25. The first kappa shape index (κ1) is 15.7. The number of rotatable bonds is 3. The quantitative estimate of drug-likeness (QED) is 0.658. The van der Waals surface area contributed by atoms with E-state index in [1.54, 1.807) is 6.07 Å². The second kappa shape index (κ2) is 5.32. The normalized spacial score (nSPS) is 30.7. The Hall–Kier alpha value is -1.86. The monoisotopic (exact) mass is 348 g/mol. The second-order valence-electron chi connectivity index (χ2n) is 6.90. The van der Waals surface area contributed by atoms with Gasteiger partial charge in [-0.15, -0.1) is 0 Å². The number of carbonyl (C=O) groups is 1. The van der Waals surface area contributed by atoms with Crippen LogP contribution in [0.4, 0.5) is 5.69 Å². The van der Waals surface area contributed by atoms with E-state index in [4.69, 9.17) is 9.88 Å². The number of nitrogens with zero attached hydrogens (tertiary/aromatic N) is 1. The van der Waals surface area contributed by atoms with Crippen molar-refractivity contribution in [3.63, 3.8) is 0 Å². The smallest absolute Gasteiger partial charge is 0.340 e. The SMILES string of the molecule is COC(=O)c1cc(S(N)(=O)=O)ccc1N1C[C@@H]2C3C=CC(C3)[C@@H]2C1. The molecule has 1 saturated carbocycles. The zero-order valence-electron chi connectivity index (χ0n) is 13.4. The van der Waals surface area contributed by atoms with Crippen LogP contribution in [0.15, 0.2) is 35.2 Å². The van der Waals surface area contributed by atoms with Crippen molar-refractivity contribution in [2.45, 2.75) is 11.3 Å². The lowest BCUT2D eigenvalue weighted by molar-refractivity contribution is 0.0601. The molecular weight excluding hydrogens is 328 g/mol. The lowest BCUT2D eigenvalue weighted by Gasteiger charge is -2.23. The average molecular weight is 348 g/mol. The summed E-state index contributed by atoms with van der Waals surface area (Å²) < 4.78 is 28.0. The molecule has 0 spiro atoms. The molecule has 1 aromatic rings. The zero-order valence-corrected chi connectivity index (χ0v) is 14.2. The number of hydrogen-bond acceptors (Lipinski definition) is 5. The number of sulfonamides is 1. The van der Waals surface area contributed by atoms with E-state index in [1.165, 1.54) is 25.7 Å². The maximum absolute atomic E-state index is 12.2. The van der Waals surface area contributed by atoms with Crippen molar-refractivity contribution in [1.29, 1.82) is 0 Å². The summed E-state index contributed by atoms with van der Waals surface area (Å²) in [6.07, 6.45) is 5.89. The van der Waals surface area contributed by atoms with Crippen LogP contribution in [0.2, 0.25) is 0 Å². The van der Waals surface area contributed by atoms with Gasteiger partial charge in [-0.25, -0.2) is 18.4 Å². The molecule has 2 unspecified atom stereocenters. The van der Waals surface area contributed by atoms with Gasteiger partial charge >= 0.3 is 5.97 Å². The third kappa shape index (κ3) is 2.34. The predicted molar refractivity (Wildman–Crippen MR) is 89.1 cm³/mol. The highest BCUT2D eigenvalue weighted by molar-refractivity contribution is 7.89. The van der Waals surface area contributed by atoms with Gasteiger partial charge < -0.3 is 9.64 Å². The summed E-state index contributed by atoms with van der Waals surface area (Å²) in [5.74, 6) is 1.95. The Morgan fingerprint density at radius 3 is 2.38 bits per heavy atom. The number of carbonyl (C=O) groups excluding carboxylic acids is 1. The summed E-state index contributed by atoms with van der Waals surface area (Å²) in [5.41, 5.74) is 0.979. The van der Waals surface area contributed by atoms with E-state index >= 15 is 0 Å². The fourth-order valence-corrected chi connectivity index (χ4v) is 5.13. The molecule has 3 aliphatic rings. The van der Waals surface area contributed by atoms with Gasteiger partial charge in [-0.2, -0.15) is 0 Å². The summed E-state index contributed by atoms with van der Waals surface area (Å²) >= 11 is 0. The molecule has 0 radical (unpaired) electrons. The molecule has 0 aromatic heterocycles. The summed E-state index contributed by atoms with van der Waals surface area (Å²) in [7, 11) is -2.58. The van der Waals surface area contributed by atoms with E-state index in [2.05, 4.69) is 17.1 Å². The molecule has 1 aliphatic heterocycles. The molecule has 2 fully saturated rings. The second-order valence-corrected chi connectivity index (χ2v) is 8.46. The van der Waals surface area contributed by atoms with E-state index in [-0.39, 0.29) is 10.5 Å². The summed E-state index contributed by atoms with van der Waals surface area (Å²) in [6.45, 7) is 1.77. The Balaban J connectivity index is 1.69. The minimum Gasteiger partial charge on any atom is -0.465 e. The van der Waals surface area contributed by atoms with E-state index in [0.29, 0.717) is 23.7 Å². The number of fused-ring (bicyclic) bond motifs is 5. The Morgan fingerprint density at radius 1 is 1.21 bits per heavy atom. The maximum atomic E-state index is 12.2. The molecule has 2 bridgehead atoms. The van der Waals surface area contributed by atoms with Gasteiger partial charge in [0.2, 0.25) is 10.0 Å². The minimum absolute atomic E-state index is 0.0761. The van der Waals surface area contributed by atoms with Crippen molar-refractivity contribution >= 4 is 21.7 Å². The molecule has 6 nitrogen and oxygen atoms in total. The summed E-state index contributed by atoms with van der Waals surface area (Å²) in [6, 6.07) is 4.44. The molecule has 7 heteroatoms. The zero-order chi connectivity index (χ0) is 17.1. The standard InChI is InChI=1S/C17H20N2O4S/c1-23-17(20)13-7-12(24(18,21)22)4-5-16(13)19-8-14-10-2-3-11(6-10)15(14)9-19/h2-5,7,10-11,14-15H,6,8-9H2,1H3,(H2,18,21,22)/t10?,11?,14-,15+. The number of benzene rings is 1. The topological polar surface area (TPSA) is 89.7 Å². The number of methoxy groups -OCH3 is 1. The summed E-state index contributed by atoms with van der Waals surface area (Å²) in [4.78, 5) is 14.3. The van der Waals surface area contributed by atoms with Gasteiger partial charge in [-0.3, -0.25) is 0 Å². The molecule has 1 aromatic carbocycles. The van der Waals surface area contributed by atoms with Crippen molar-refractivity contribution in [1.82, 2.24) is 0 Å². The number of allylic oxidation sites excluding steroid dienone is 2. The van der Waals surface area contributed by atoms with Gasteiger partial charge in [0.25, 0.3) is 0 Å². The largest absolute Gasteiger partial charge is 0.465 e. The third-order valence-corrected chi connectivity index (χ3v) is 6.62. The van der Waals surface area contributed by atoms with Crippen LogP contribution in [0.1, 0.15) is 16.8 Å². The first-order valence-corrected chi connectivity index (χ1v) is 9.61. The molecule has 2 N–H and O–H groups in total.